The molecular weight excluding hydrogens is 376 g/mol. The highest BCUT2D eigenvalue weighted by molar-refractivity contribution is 5.88. The molecule has 0 aliphatic carbocycles. The Hall–Kier alpha value is -3.31. The lowest BCUT2D eigenvalue weighted by Crippen LogP contribution is -2.46. The molecule has 1 fully saturated rings. The average molecular weight is 402 g/mol. The second kappa shape index (κ2) is 9.01. The van der Waals surface area contributed by atoms with E-state index in [-0.39, 0.29) is 0 Å². The van der Waals surface area contributed by atoms with Crippen LogP contribution in [0.5, 0.6) is 5.75 Å². The van der Waals surface area contributed by atoms with Crippen LogP contribution in [0.15, 0.2) is 72.8 Å². The number of nitrogens with zero attached hydrogens (tertiary/aromatic N) is 2. The third kappa shape index (κ3) is 4.47. The standard InChI is InChI=1S/C25H26N2O3/c1-30-23-7-4-6-20(17-23)24-8-3-2-5-21(24)18-26-13-15-27(16-14-26)22-11-9-19(10-12-22)25(28)29/h2-12,17H,13-16,18H2,1H3,(H,28,29). The summed E-state index contributed by atoms with van der Waals surface area (Å²) in [5.74, 6) is -0.0223. The smallest absolute Gasteiger partial charge is 0.335 e. The zero-order valence-electron chi connectivity index (χ0n) is 17.1. The molecule has 0 atom stereocenters. The number of rotatable bonds is 6. The number of ether oxygens (including phenoxy) is 1. The SMILES string of the molecule is COc1cccc(-c2ccccc2CN2CCN(c3ccc(C(=O)O)cc3)CC2)c1. The quantitative estimate of drug-likeness (QED) is 0.663. The van der Waals surface area contributed by atoms with Gasteiger partial charge in [0.2, 0.25) is 0 Å². The van der Waals surface area contributed by atoms with Crippen LogP contribution in [-0.2, 0) is 6.54 Å². The number of hydrogen-bond acceptors (Lipinski definition) is 4. The molecule has 0 radical (unpaired) electrons. The van der Waals surface area contributed by atoms with Gasteiger partial charge in [-0.05, 0) is 53.1 Å². The van der Waals surface area contributed by atoms with Gasteiger partial charge in [0.15, 0.2) is 0 Å². The van der Waals surface area contributed by atoms with Crippen LogP contribution in [0.4, 0.5) is 5.69 Å². The maximum atomic E-state index is 11.0. The van der Waals surface area contributed by atoms with E-state index in [1.807, 2.05) is 24.3 Å². The third-order valence-electron chi connectivity index (χ3n) is 5.64. The molecule has 1 N–H and O–H groups in total. The summed E-state index contributed by atoms with van der Waals surface area (Å²) in [6.45, 7) is 4.68. The molecule has 5 heteroatoms. The number of aromatic carboxylic acids is 1. The van der Waals surface area contributed by atoms with Gasteiger partial charge in [0, 0.05) is 38.4 Å². The summed E-state index contributed by atoms with van der Waals surface area (Å²) in [5, 5.41) is 9.07. The highest BCUT2D eigenvalue weighted by atomic mass is 16.5. The minimum Gasteiger partial charge on any atom is -0.497 e. The van der Waals surface area contributed by atoms with E-state index in [0.29, 0.717) is 5.56 Å². The summed E-state index contributed by atoms with van der Waals surface area (Å²) in [6, 6.07) is 23.9. The fourth-order valence-electron chi connectivity index (χ4n) is 3.95. The van der Waals surface area contributed by atoms with E-state index in [0.717, 1.165) is 44.2 Å². The number of carboxylic acid groups (broad SMARTS) is 1. The van der Waals surface area contributed by atoms with Crippen molar-refractivity contribution in [1.82, 2.24) is 4.90 Å². The molecule has 4 rings (SSSR count). The summed E-state index contributed by atoms with van der Waals surface area (Å²) in [6.07, 6.45) is 0. The molecule has 1 aliphatic rings. The first kappa shape index (κ1) is 20.0. The van der Waals surface area contributed by atoms with Gasteiger partial charge in [0.05, 0.1) is 12.7 Å². The van der Waals surface area contributed by atoms with Crippen molar-refractivity contribution in [3.8, 4) is 16.9 Å². The summed E-state index contributed by atoms with van der Waals surface area (Å²) in [4.78, 5) is 15.8. The van der Waals surface area contributed by atoms with E-state index in [2.05, 4.69) is 46.2 Å². The van der Waals surface area contributed by atoms with Gasteiger partial charge in [-0.3, -0.25) is 4.90 Å². The second-order valence-electron chi connectivity index (χ2n) is 7.50. The third-order valence-corrected chi connectivity index (χ3v) is 5.64. The highest BCUT2D eigenvalue weighted by Gasteiger charge is 2.19. The van der Waals surface area contributed by atoms with Gasteiger partial charge in [0.25, 0.3) is 0 Å². The van der Waals surface area contributed by atoms with E-state index in [1.54, 1.807) is 19.2 Å². The van der Waals surface area contributed by atoms with Crippen molar-refractivity contribution in [2.45, 2.75) is 6.54 Å². The topological polar surface area (TPSA) is 53.0 Å². The largest absolute Gasteiger partial charge is 0.497 e. The van der Waals surface area contributed by atoms with Crippen molar-refractivity contribution in [3.63, 3.8) is 0 Å². The Morgan fingerprint density at radius 3 is 2.37 bits per heavy atom. The average Bonchev–Trinajstić information content (AvgIpc) is 2.80. The summed E-state index contributed by atoms with van der Waals surface area (Å²) < 4.78 is 5.39. The van der Waals surface area contributed by atoms with E-state index in [1.165, 1.54) is 16.7 Å². The Morgan fingerprint density at radius 2 is 1.67 bits per heavy atom. The number of methoxy groups -OCH3 is 1. The molecule has 0 bridgehead atoms. The van der Waals surface area contributed by atoms with E-state index < -0.39 is 5.97 Å². The number of piperazine rings is 1. The lowest BCUT2D eigenvalue weighted by molar-refractivity contribution is 0.0697. The van der Waals surface area contributed by atoms with Gasteiger partial charge >= 0.3 is 5.97 Å². The van der Waals surface area contributed by atoms with E-state index >= 15 is 0 Å². The van der Waals surface area contributed by atoms with Gasteiger partial charge in [0.1, 0.15) is 5.75 Å². The van der Waals surface area contributed by atoms with Crippen LogP contribution in [0, 0.1) is 0 Å². The van der Waals surface area contributed by atoms with Crippen molar-refractivity contribution >= 4 is 11.7 Å². The van der Waals surface area contributed by atoms with Crippen LogP contribution in [0.2, 0.25) is 0 Å². The minimum atomic E-state index is -0.888. The first-order chi connectivity index (χ1) is 14.6. The number of carboxylic acids is 1. The fraction of sp³-hybridized carbons (Fsp3) is 0.240. The molecule has 1 saturated heterocycles. The molecule has 0 spiro atoms. The van der Waals surface area contributed by atoms with Crippen LogP contribution in [0.3, 0.4) is 0 Å². The van der Waals surface area contributed by atoms with Crippen LogP contribution in [0.1, 0.15) is 15.9 Å². The predicted molar refractivity (Wildman–Crippen MR) is 119 cm³/mol. The molecule has 1 heterocycles. The van der Waals surface area contributed by atoms with Gasteiger partial charge in [-0.25, -0.2) is 4.79 Å². The van der Waals surface area contributed by atoms with Crippen LogP contribution in [0.25, 0.3) is 11.1 Å². The number of benzene rings is 3. The molecule has 30 heavy (non-hydrogen) atoms. The molecule has 3 aromatic rings. The maximum absolute atomic E-state index is 11.0. The Morgan fingerprint density at radius 1 is 0.933 bits per heavy atom. The zero-order chi connectivity index (χ0) is 20.9. The summed E-state index contributed by atoms with van der Waals surface area (Å²) in [5.41, 5.74) is 5.12. The van der Waals surface area contributed by atoms with Crippen molar-refractivity contribution in [2.24, 2.45) is 0 Å². The predicted octanol–water partition coefficient (Wildman–Crippen LogP) is 4.38. The van der Waals surface area contributed by atoms with Gasteiger partial charge in [-0.1, -0.05) is 36.4 Å². The maximum Gasteiger partial charge on any atom is 0.335 e. The molecule has 154 valence electrons. The molecular formula is C25H26N2O3. The second-order valence-corrected chi connectivity index (χ2v) is 7.50. The van der Waals surface area contributed by atoms with Crippen molar-refractivity contribution in [3.05, 3.63) is 83.9 Å². The summed E-state index contributed by atoms with van der Waals surface area (Å²) >= 11 is 0. The van der Waals surface area contributed by atoms with Gasteiger partial charge in [-0.2, -0.15) is 0 Å². The Labute approximate surface area is 177 Å². The van der Waals surface area contributed by atoms with Gasteiger partial charge in [-0.15, -0.1) is 0 Å². The first-order valence-corrected chi connectivity index (χ1v) is 10.2. The lowest BCUT2D eigenvalue weighted by Gasteiger charge is -2.36. The van der Waals surface area contributed by atoms with E-state index in [4.69, 9.17) is 9.84 Å². The molecule has 5 nitrogen and oxygen atoms in total. The monoisotopic (exact) mass is 402 g/mol. The number of hydrogen-bond donors (Lipinski definition) is 1. The molecule has 0 amide bonds. The summed E-state index contributed by atoms with van der Waals surface area (Å²) in [7, 11) is 1.69. The molecule has 1 aliphatic heterocycles. The zero-order valence-corrected chi connectivity index (χ0v) is 17.1. The van der Waals surface area contributed by atoms with Crippen LogP contribution in [-0.4, -0.2) is 49.3 Å². The first-order valence-electron chi connectivity index (χ1n) is 10.2. The van der Waals surface area contributed by atoms with Crippen LogP contribution < -0.4 is 9.64 Å². The normalized spacial score (nSPS) is 14.5. The lowest BCUT2D eigenvalue weighted by atomic mass is 9.99. The minimum absolute atomic E-state index is 0.325. The Balaban J connectivity index is 1.42. The molecule has 0 saturated carbocycles. The van der Waals surface area contributed by atoms with Crippen LogP contribution >= 0.6 is 0 Å². The van der Waals surface area contributed by atoms with Gasteiger partial charge < -0.3 is 14.7 Å². The van der Waals surface area contributed by atoms with Crippen molar-refractivity contribution < 1.29 is 14.6 Å². The van der Waals surface area contributed by atoms with E-state index in [9.17, 15) is 4.79 Å². The Kier molecular flexibility index (Phi) is 6.00. The molecule has 0 aromatic heterocycles. The molecule has 3 aromatic carbocycles. The number of anilines is 1. The highest BCUT2D eigenvalue weighted by Crippen LogP contribution is 2.28. The Bertz CT molecular complexity index is 1010. The van der Waals surface area contributed by atoms with Crippen molar-refractivity contribution in [1.29, 1.82) is 0 Å². The fourth-order valence-corrected chi connectivity index (χ4v) is 3.95. The molecule has 0 unspecified atom stereocenters. The number of carbonyl (C=O) groups is 1. The van der Waals surface area contributed by atoms with Crippen molar-refractivity contribution in [2.75, 3.05) is 38.2 Å².